The van der Waals surface area contributed by atoms with Crippen LogP contribution in [0, 0.1) is 0 Å². The van der Waals surface area contributed by atoms with Gasteiger partial charge in [0.1, 0.15) is 5.76 Å². The van der Waals surface area contributed by atoms with Gasteiger partial charge >= 0.3 is 0 Å². The van der Waals surface area contributed by atoms with Gasteiger partial charge in [-0.25, -0.2) is 5.84 Å². The van der Waals surface area contributed by atoms with E-state index in [1.54, 1.807) is 6.07 Å². The smallest absolute Gasteiger partial charge is 0.268 e. The van der Waals surface area contributed by atoms with Crippen LogP contribution in [-0.2, 0) is 6.54 Å². The number of hydrogen-bond donors (Lipinski definition) is 2. The number of nitrogen functional groups attached to an aromatic ring is 1. The number of unbranched alkanes of at least 4 members (excludes halogenated alkanes) is 2. The number of carbonyl (C=O) groups is 1. The van der Waals surface area contributed by atoms with E-state index in [0.717, 1.165) is 38.8 Å². The number of nitrogens with two attached hydrogens (primary N) is 1. The molecule has 0 saturated heterocycles. The highest BCUT2D eigenvalue weighted by molar-refractivity contribution is 5.94. The molecular formula is C14H25N3O2. The molecule has 1 amide bonds. The largest absolute Gasteiger partial charge is 0.467 e. The van der Waals surface area contributed by atoms with Crippen molar-refractivity contribution in [3.63, 3.8) is 0 Å². The highest BCUT2D eigenvalue weighted by Crippen LogP contribution is 2.14. The summed E-state index contributed by atoms with van der Waals surface area (Å²) in [6.07, 6.45) is 6.18. The van der Waals surface area contributed by atoms with Crippen LogP contribution in [0.15, 0.2) is 16.7 Å². The summed E-state index contributed by atoms with van der Waals surface area (Å²) in [6, 6.07) is 1.66. The third-order valence-electron chi connectivity index (χ3n) is 3.14. The molecule has 0 saturated carbocycles. The van der Waals surface area contributed by atoms with E-state index in [9.17, 15) is 4.79 Å². The van der Waals surface area contributed by atoms with Crippen molar-refractivity contribution in [2.24, 2.45) is 5.84 Å². The van der Waals surface area contributed by atoms with E-state index in [1.165, 1.54) is 6.26 Å². The average Bonchev–Trinajstić information content (AvgIpc) is 2.89. The highest BCUT2D eigenvalue weighted by Gasteiger charge is 2.16. The summed E-state index contributed by atoms with van der Waals surface area (Å²) in [4.78, 5) is 13.9. The maximum atomic E-state index is 11.6. The van der Waals surface area contributed by atoms with Gasteiger partial charge in [0.25, 0.3) is 5.91 Å². The zero-order valence-corrected chi connectivity index (χ0v) is 11.9. The molecule has 0 aliphatic rings. The number of hydrogen-bond acceptors (Lipinski definition) is 4. The van der Waals surface area contributed by atoms with Crippen molar-refractivity contribution in [2.45, 2.75) is 46.1 Å². The molecule has 0 aliphatic carbocycles. The monoisotopic (exact) mass is 267 g/mol. The van der Waals surface area contributed by atoms with E-state index < -0.39 is 0 Å². The van der Waals surface area contributed by atoms with Gasteiger partial charge < -0.3 is 4.42 Å². The van der Waals surface area contributed by atoms with E-state index in [0.29, 0.717) is 17.9 Å². The third-order valence-corrected chi connectivity index (χ3v) is 3.14. The van der Waals surface area contributed by atoms with Gasteiger partial charge in [-0.05, 0) is 32.0 Å². The summed E-state index contributed by atoms with van der Waals surface area (Å²) in [5.41, 5.74) is 2.68. The Kier molecular flexibility index (Phi) is 7.22. The molecule has 1 rings (SSSR count). The summed E-state index contributed by atoms with van der Waals surface area (Å²) < 4.78 is 5.42. The summed E-state index contributed by atoms with van der Waals surface area (Å²) in [5.74, 6) is 5.56. The van der Waals surface area contributed by atoms with Crippen molar-refractivity contribution >= 4 is 5.91 Å². The second kappa shape index (κ2) is 8.72. The molecule has 0 bridgehead atoms. The molecule has 1 heterocycles. The van der Waals surface area contributed by atoms with Crippen LogP contribution in [0.2, 0.25) is 0 Å². The Morgan fingerprint density at radius 3 is 2.47 bits per heavy atom. The SMILES string of the molecule is CCCCN(CCCC)Cc1occc1C(=O)NN. The first-order valence-electron chi connectivity index (χ1n) is 7.02. The molecule has 5 nitrogen and oxygen atoms in total. The topological polar surface area (TPSA) is 71.5 Å². The minimum absolute atomic E-state index is 0.297. The minimum atomic E-state index is -0.297. The molecule has 19 heavy (non-hydrogen) atoms. The van der Waals surface area contributed by atoms with Crippen molar-refractivity contribution in [3.8, 4) is 0 Å². The van der Waals surface area contributed by atoms with E-state index >= 15 is 0 Å². The Labute approximate surface area is 115 Å². The maximum absolute atomic E-state index is 11.6. The lowest BCUT2D eigenvalue weighted by atomic mass is 10.2. The molecule has 0 atom stereocenters. The van der Waals surface area contributed by atoms with Crippen LogP contribution in [0.3, 0.4) is 0 Å². The van der Waals surface area contributed by atoms with Crippen LogP contribution in [-0.4, -0.2) is 23.9 Å². The second-order valence-corrected chi connectivity index (χ2v) is 4.71. The molecule has 1 aromatic rings. The van der Waals surface area contributed by atoms with Crippen molar-refractivity contribution < 1.29 is 9.21 Å². The third kappa shape index (κ3) is 5.04. The van der Waals surface area contributed by atoms with Gasteiger partial charge in [-0.15, -0.1) is 0 Å². The Morgan fingerprint density at radius 1 is 1.32 bits per heavy atom. The van der Waals surface area contributed by atoms with Crippen LogP contribution in [0.1, 0.15) is 55.6 Å². The predicted molar refractivity (Wildman–Crippen MR) is 75.5 cm³/mol. The van der Waals surface area contributed by atoms with Crippen LogP contribution in [0.5, 0.6) is 0 Å². The zero-order valence-electron chi connectivity index (χ0n) is 11.9. The van der Waals surface area contributed by atoms with Gasteiger partial charge in [0.2, 0.25) is 0 Å². The van der Waals surface area contributed by atoms with Crippen LogP contribution in [0.25, 0.3) is 0 Å². The van der Waals surface area contributed by atoms with Gasteiger partial charge in [-0.1, -0.05) is 26.7 Å². The standard InChI is InChI=1S/C14H25N3O2/c1-3-5-8-17(9-6-4-2)11-13-12(7-10-19-13)14(18)16-15/h7,10H,3-6,8-9,11,15H2,1-2H3,(H,16,18). The molecule has 0 fully saturated rings. The van der Waals surface area contributed by atoms with Crippen LogP contribution in [0.4, 0.5) is 0 Å². The first-order chi connectivity index (χ1) is 9.22. The van der Waals surface area contributed by atoms with Crippen molar-refractivity contribution in [3.05, 3.63) is 23.7 Å². The molecule has 1 aromatic heterocycles. The molecule has 108 valence electrons. The Morgan fingerprint density at radius 2 is 1.95 bits per heavy atom. The van der Waals surface area contributed by atoms with Gasteiger partial charge in [0.15, 0.2) is 0 Å². The molecular weight excluding hydrogens is 242 g/mol. The number of nitrogens with one attached hydrogen (secondary N) is 1. The number of amides is 1. The number of furan rings is 1. The molecule has 0 radical (unpaired) electrons. The van der Waals surface area contributed by atoms with Gasteiger partial charge in [-0.3, -0.25) is 15.1 Å². The Bertz CT molecular complexity index is 369. The molecule has 0 aromatic carbocycles. The number of carbonyl (C=O) groups excluding carboxylic acids is 1. The molecule has 0 aliphatic heterocycles. The quantitative estimate of drug-likeness (QED) is 0.409. The first kappa shape index (κ1) is 15.7. The normalized spacial score (nSPS) is 10.9. The summed E-state index contributed by atoms with van der Waals surface area (Å²) in [6.45, 7) is 7.08. The maximum Gasteiger partial charge on any atom is 0.268 e. The minimum Gasteiger partial charge on any atom is -0.467 e. The van der Waals surface area contributed by atoms with Gasteiger partial charge in [0, 0.05) is 0 Å². The van der Waals surface area contributed by atoms with Crippen molar-refractivity contribution in [1.29, 1.82) is 0 Å². The lowest BCUT2D eigenvalue weighted by molar-refractivity contribution is 0.0949. The fourth-order valence-electron chi connectivity index (χ4n) is 1.98. The first-order valence-corrected chi connectivity index (χ1v) is 7.02. The lowest BCUT2D eigenvalue weighted by Crippen LogP contribution is -2.31. The summed E-state index contributed by atoms with van der Waals surface area (Å²) in [5, 5.41) is 0. The molecule has 0 spiro atoms. The molecule has 0 unspecified atom stereocenters. The highest BCUT2D eigenvalue weighted by atomic mass is 16.3. The van der Waals surface area contributed by atoms with E-state index in [2.05, 4.69) is 24.2 Å². The fraction of sp³-hybridized carbons (Fsp3) is 0.643. The van der Waals surface area contributed by atoms with Crippen molar-refractivity contribution in [1.82, 2.24) is 10.3 Å². The van der Waals surface area contributed by atoms with E-state index in [4.69, 9.17) is 10.3 Å². The fourth-order valence-corrected chi connectivity index (χ4v) is 1.98. The average molecular weight is 267 g/mol. The number of rotatable bonds is 9. The number of nitrogens with zero attached hydrogens (tertiary/aromatic N) is 1. The van der Waals surface area contributed by atoms with Gasteiger partial charge in [-0.2, -0.15) is 0 Å². The van der Waals surface area contributed by atoms with Crippen LogP contribution >= 0.6 is 0 Å². The van der Waals surface area contributed by atoms with Gasteiger partial charge in [0.05, 0.1) is 18.4 Å². The van der Waals surface area contributed by atoms with Crippen LogP contribution < -0.4 is 11.3 Å². The number of hydrazine groups is 1. The molecule has 3 N–H and O–H groups in total. The summed E-state index contributed by atoms with van der Waals surface area (Å²) >= 11 is 0. The summed E-state index contributed by atoms with van der Waals surface area (Å²) in [7, 11) is 0. The Balaban J connectivity index is 2.66. The molecule has 5 heteroatoms. The van der Waals surface area contributed by atoms with E-state index in [1.807, 2.05) is 0 Å². The van der Waals surface area contributed by atoms with E-state index in [-0.39, 0.29) is 5.91 Å². The predicted octanol–water partition coefficient (Wildman–Crippen LogP) is 2.29. The Hall–Kier alpha value is -1.33. The van der Waals surface area contributed by atoms with Crippen molar-refractivity contribution in [2.75, 3.05) is 13.1 Å². The lowest BCUT2D eigenvalue weighted by Gasteiger charge is -2.21. The second-order valence-electron chi connectivity index (χ2n) is 4.71. The zero-order chi connectivity index (χ0) is 14.1.